The molecule has 0 N–H and O–H groups in total. The van der Waals surface area contributed by atoms with Crippen molar-refractivity contribution in [2.45, 2.75) is 19.2 Å². The minimum Gasteiger partial charge on any atom is -0.496 e. The van der Waals surface area contributed by atoms with Crippen LogP contribution in [0.4, 0.5) is 4.39 Å². The van der Waals surface area contributed by atoms with Gasteiger partial charge in [0.1, 0.15) is 11.6 Å². The van der Waals surface area contributed by atoms with Crippen molar-refractivity contribution in [1.29, 1.82) is 0 Å². The van der Waals surface area contributed by atoms with E-state index in [1.165, 1.54) is 12.1 Å². The lowest BCUT2D eigenvalue weighted by Crippen LogP contribution is -2.00. The minimum absolute atomic E-state index is 0.226. The lowest BCUT2D eigenvalue weighted by atomic mass is 9.98. The normalized spacial score (nSPS) is 12.5. The summed E-state index contributed by atoms with van der Waals surface area (Å²) in [5.74, 6) is 0.555. The molecule has 0 bridgehead atoms. The third-order valence-corrected chi connectivity index (χ3v) is 4.45. The van der Waals surface area contributed by atoms with Gasteiger partial charge in [0.05, 0.1) is 17.4 Å². The van der Waals surface area contributed by atoms with Crippen LogP contribution in [-0.4, -0.2) is 7.11 Å². The van der Waals surface area contributed by atoms with Crippen molar-refractivity contribution in [2.24, 2.45) is 0 Å². The molecule has 0 aliphatic heterocycles. The van der Waals surface area contributed by atoms with E-state index >= 15 is 0 Å². The standard InChI is InChI=1S/C14H14ClFOS/c1-8-6-10(16)7-9(2)12(8)13(15)14-11(17-3)4-5-18-14/h4-7,13H,1-3H3. The molecule has 1 atom stereocenters. The Morgan fingerprint density at radius 3 is 2.44 bits per heavy atom. The van der Waals surface area contributed by atoms with Crippen molar-refractivity contribution in [3.05, 3.63) is 51.0 Å². The third-order valence-electron chi connectivity index (χ3n) is 2.92. The molecule has 0 saturated heterocycles. The fourth-order valence-corrected chi connectivity index (χ4v) is 3.56. The van der Waals surface area contributed by atoms with Gasteiger partial charge in [-0.2, -0.15) is 0 Å². The van der Waals surface area contributed by atoms with Gasteiger partial charge in [0.15, 0.2) is 0 Å². The summed E-state index contributed by atoms with van der Waals surface area (Å²) in [6.45, 7) is 3.75. The molecule has 2 rings (SSSR count). The first-order valence-corrected chi connectivity index (χ1v) is 6.88. The fourth-order valence-electron chi connectivity index (χ4n) is 2.12. The number of hydrogen-bond acceptors (Lipinski definition) is 2. The number of ether oxygens (including phenoxy) is 1. The van der Waals surface area contributed by atoms with Crippen molar-refractivity contribution in [3.8, 4) is 5.75 Å². The van der Waals surface area contributed by atoms with Gasteiger partial charge in [-0.25, -0.2) is 4.39 Å². The highest BCUT2D eigenvalue weighted by Crippen LogP contribution is 2.41. The fraction of sp³-hybridized carbons (Fsp3) is 0.286. The number of halogens is 2. The zero-order valence-corrected chi connectivity index (χ0v) is 12.0. The maximum absolute atomic E-state index is 13.3. The van der Waals surface area contributed by atoms with Gasteiger partial charge in [0.2, 0.25) is 0 Å². The maximum atomic E-state index is 13.3. The number of alkyl halides is 1. The Kier molecular flexibility index (Phi) is 3.93. The van der Waals surface area contributed by atoms with Gasteiger partial charge in [-0.15, -0.1) is 22.9 Å². The van der Waals surface area contributed by atoms with E-state index in [9.17, 15) is 4.39 Å². The second-order valence-corrected chi connectivity index (χ2v) is 5.55. The van der Waals surface area contributed by atoms with Gasteiger partial charge in [-0.1, -0.05) is 0 Å². The van der Waals surface area contributed by atoms with Crippen LogP contribution in [0.2, 0.25) is 0 Å². The lowest BCUT2D eigenvalue weighted by Gasteiger charge is -2.16. The van der Waals surface area contributed by atoms with E-state index in [4.69, 9.17) is 16.3 Å². The number of benzene rings is 1. The maximum Gasteiger partial charge on any atom is 0.134 e. The average Bonchev–Trinajstić information content (AvgIpc) is 2.75. The van der Waals surface area contributed by atoms with Crippen molar-refractivity contribution >= 4 is 22.9 Å². The summed E-state index contributed by atoms with van der Waals surface area (Å²) in [7, 11) is 1.62. The second kappa shape index (κ2) is 5.29. The molecule has 1 aromatic heterocycles. The quantitative estimate of drug-likeness (QED) is 0.733. The Morgan fingerprint density at radius 2 is 1.89 bits per heavy atom. The lowest BCUT2D eigenvalue weighted by molar-refractivity contribution is 0.412. The monoisotopic (exact) mass is 284 g/mol. The highest BCUT2D eigenvalue weighted by Gasteiger charge is 2.21. The Morgan fingerprint density at radius 1 is 1.28 bits per heavy atom. The molecule has 1 unspecified atom stereocenters. The number of thiophene rings is 1. The van der Waals surface area contributed by atoms with E-state index in [-0.39, 0.29) is 11.2 Å². The van der Waals surface area contributed by atoms with Crippen LogP contribution in [0.5, 0.6) is 5.75 Å². The predicted octanol–water partition coefficient (Wildman–Crippen LogP) is 4.84. The molecule has 0 aliphatic rings. The molecular weight excluding hydrogens is 271 g/mol. The Labute approximate surface area is 115 Å². The topological polar surface area (TPSA) is 9.23 Å². The Bertz CT molecular complexity index is 542. The summed E-state index contributed by atoms with van der Waals surface area (Å²) in [4.78, 5) is 0.956. The highest BCUT2D eigenvalue weighted by atomic mass is 35.5. The second-order valence-electron chi connectivity index (χ2n) is 4.17. The molecule has 0 spiro atoms. The number of methoxy groups -OCH3 is 1. The molecule has 96 valence electrons. The molecule has 2 aromatic rings. The molecule has 1 nitrogen and oxygen atoms in total. The van der Waals surface area contributed by atoms with Crippen LogP contribution < -0.4 is 4.74 Å². The summed E-state index contributed by atoms with van der Waals surface area (Å²) >= 11 is 8.08. The summed E-state index contributed by atoms with van der Waals surface area (Å²) < 4.78 is 18.6. The summed E-state index contributed by atoms with van der Waals surface area (Å²) in [5, 5.41) is 1.64. The number of aryl methyl sites for hydroxylation is 2. The zero-order chi connectivity index (χ0) is 13.3. The molecule has 0 radical (unpaired) electrons. The number of hydrogen-bond donors (Lipinski definition) is 0. The van der Waals surface area contributed by atoms with Gasteiger partial charge in [0, 0.05) is 0 Å². The van der Waals surface area contributed by atoms with Crippen LogP contribution >= 0.6 is 22.9 Å². The largest absolute Gasteiger partial charge is 0.496 e. The SMILES string of the molecule is COc1ccsc1C(Cl)c1c(C)cc(F)cc1C. The van der Waals surface area contributed by atoms with E-state index in [1.807, 2.05) is 25.3 Å². The van der Waals surface area contributed by atoms with E-state index < -0.39 is 0 Å². The molecule has 1 heterocycles. The minimum atomic E-state index is -0.305. The predicted molar refractivity (Wildman–Crippen MR) is 74.4 cm³/mol. The molecular formula is C14H14ClFOS. The van der Waals surface area contributed by atoms with Crippen molar-refractivity contribution < 1.29 is 9.13 Å². The Balaban J connectivity index is 2.49. The first kappa shape index (κ1) is 13.4. The molecule has 0 saturated carbocycles. The van der Waals surface area contributed by atoms with Crippen LogP contribution in [-0.2, 0) is 0 Å². The Hall–Kier alpha value is -1.06. The van der Waals surface area contributed by atoms with Crippen LogP contribution in [0.15, 0.2) is 23.6 Å². The van der Waals surface area contributed by atoms with Crippen molar-refractivity contribution in [2.75, 3.05) is 7.11 Å². The highest BCUT2D eigenvalue weighted by molar-refractivity contribution is 7.10. The molecule has 18 heavy (non-hydrogen) atoms. The van der Waals surface area contributed by atoms with Crippen molar-refractivity contribution in [3.63, 3.8) is 0 Å². The van der Waals surface area contributed by atoms with Crippen LogP contribution in [0.3, 0.4) is 0 Å². The summed E-state index contributed by atoms with van der Waals surface area (Å²) in [6, 6.07) is 4.92. The van der Waals surface area contributed by atoms with E-state index in [0.717, 1.165) is 27.3 Å². The molecule has 0 aliphatic carbocycles. The van der Waals surface area contributed by atoms with Crippen LogP contribution in [0.25, 0.3) is 0 Å². The first-order valence-electron chi connectivity index (χ1n) is 5.56. The molecule has 0 fully saturated rings. The summed E-state index contributed by atoms with van der Waals surface area (Å²) in [5.41, 5.74) is 2.68. The van der Waals surface area contributed by atoms with Crippen LogP contribution in [0, 0.1) is 19.7 Å². The van der Waals surface area contributed by atoms with Gasteiger partial charge in [-0.05, 0) is 54.1 Å². The van der Waals surface area contributed by atoms with E-state index in [0.29, 0.717) is 0 Å². The summed E-state index contributed by atoms with van der Waals surface area (Å²) in [6.07, 6.45) is 0. The zero-order valence-electron chi connectivity index (χ0n) is 10.5. The van der Waals surface area contributed by atoms with Crippen LogP contribution in [0.1, 0.15) is 26.9 Å². The first-order chi connectivity index (χ1) is 8.54. The molecule has 1 aromatic carbocycles. The molecule has 4 heteroatoms. The van der Waals surface area contributed by atoms with Gasteiger partial charge >= 0.3 is 0 Å². The molecule has 0 amide bonds. The average molecular weight is 285 g/mol. The number of rotatable bonds is 3. The third kappa shape index (κ3) is 2.38. The van der Waals surface area contributed by atoms with E-state index in [1.54, 1.807) is 18.4 Å². The van der Waals surface area contributed by atoms with Gasteiger partial charge in [0.25, 0.3) is 0 Å². The van der Waals surface area contributed by atoms with Gasteiger partial charge < -0.3 is 4.74 Å². The van der Waals surface area contributed by atoms with Crippen molar-refractivity contribution in [1.82, 2.24) is 0 Å². The van der Waals surface area contributed by atoms with E-state index in [2.05, 4.69) is 0 Å². The smallest absolute Gasteiger partial charge is 0.134 e. The van der Waals surface area contributed by atoms with Gasteiger partial charge in [-0.3, -0.25) is 0 Å².